The highest BCUT2D eigenvalue weighted by Crippen LogP contribution is 2.42. The molecular formula is C57H51BN3. The van der Waals surface area contributed by atoms with Crippen molar-refractivity contribution in [2.75, 3.05) is 0 Å². The van der Waals surface area contributed by atoms with Gasteiger partial charge in [-0.25, -0.2) is 0 Å². The molecule has 0 saturated carbocycles. The zero-order chi connectivity index (χ0) is 40.1. The number of hydrogen-bond donors (Lipinski definition) is 0. The third-order valence-corrected chi connectivity index (χ3v) is 12.7. The Morgan fingerprint density at radius 2 is 0.574 bits per heavy atom. The van der Waals surface area contributed by atoms with Gasteiger partial charge in [0.05, 0.1) is 17.1 Å². The maximum Gasteiger partial charge on any atom is 0.0658 e. The average Bonchev–Trinajstić information content (AvgIpc) is 3.35. The molecule has 3 aromatic heterocycles. The van der Waals surface area contributed by atoms with Gasteiger partial charge >= 0.3 is 0 Å². The van der Waals surface area contributed by atoms with E-state index in [0.717, 1.165) is 89.0 Å². The van der Waals surface area contributed by atoms with Crippen molar-refractivity contribution in [2.45, 2.75) is 77.0 Å². The number of nitrogens with zero attached hydrogens (tertiary/aromatic N) is 3. The Kier molecular flexibility index (Phi) is 12.1. The minimum Gasteiger partial charge on any atom is -0.256 e. The summed E-state index contributed by atoms with van der Waals surface area (Å²) in [6.45, 7) is 0. The predicted molar refractivity (Wildman–Crippen MR) is 258 cm³/mol. The quantitative estimate of drug-likeness (QED) is 0.137. The Hall–Kier alpha value is -6.39. The second-order valence-electron chi connectivity index (χ2n) is 16.7. The van der Waals surface area contributed by atoms with E-state index >= 15 is 0 Å². The molecule has 0 saturated heterocycles. The molecule has 4 heteroatoms. The molecule has 3 radical (unpaired) electrons. The van der Waals surface area contributed by atoms with Gasteiger partial charge in [0.15, 0.2) is 0 Å². The van der Waals surface area contributed by atoms with Crippen LogP contribution in [0.4, 0.5) is 0 Å². The van der Waals surface area contributed by atoms with Crippen LogP contribution in [0.5, 0.6) is 0 Å². The first-order valence-corrected chi connectivity index (χ1v) is 22.2. The highest BCUT2D eigenvalue weighted by atomic mass is 14.7. The van der Waals surface area contributed by atoms with Crippen molar-refractivity contribution >= 4 is 25.1 Å². The van der Waals surface area contributed by atoms with Crippen molar-refractivity contribution in [3.05, 3.63) is 181 Å². The SMILES string of the molecule is C1=C(c2ccc(-c3ccccc3-c3cc(-c4ccccc4-c4ccc(C5=CCCCC5)nc4)cc(-c4ccccc4-c4ccc(C5=CCCCC5)nc4)c3)cn2)CCCC1.[B]. The van der Waals surface area contributed by atoms with Gasteiger partial charge in [-0.2, -0.15) is 0 Å². The van der Waals surface area contributed by atoms with E-state index in [2.05, 4.69) is 164 Å². The average molecular weight is 789 g/mol. The fourth-order valence-electron chi connectivity index (χ4n) is 9.50. The third kappa shape index (κ3) is 8.63. The van der Waals surface area contributed by atoms with Gasteiger partial charge in [0.25, 0.3) is 0 Å². The zero-order valence-corrected chi connectivity index (χ0v) is 35.0. The van der Waals surface area contributed by atoms with Crippen LogP contribution >= 0.6 is 0 Å². The van der Waals surface area contributed by atoms with Crippen LogP contribution in [0.25, 0.3) is 83.5 Å². The van der Waals surface area contributed by atoms with Gasteiger partial charge in [-0.15, -0.1) is 0 Å². The molecular weight excluding hydrogens is 737 g/mol. The largest absolute Gasteiger partial charge is 0.256 e. The molecule has 4 aromatic carbocycles. The highest BCUT2D eigenvalue weighted by Gasteiger charge is 2.18. The number of hydrogen-bond acceptors (Lipinski definition) is 3. The van der Waals surface area contributed by atoms with Crippen molar-refractivity contribution in [1.82, 2.24) is 15.0 Å². The molecule has 0 spiro atoms. The van der Waals surface area contributed by atoms with E-state index in [1.54, 1.807) is 0 Å². The second-order valence-corrected chi connectivity index (χ2v) is 16.7. The van der Waals surface area contributed by atoms with Crippen LogP contribution in [0.2, 0.25) is 0 Å². The Bertz CT molecular complexity index is 2420. The topological polar surface area (TPSA) is 38.7 Å². The standard InChI is InChI=1S/C57H51N3.B/c1-4-16-40(17-5-1)55-31-28-43(37-58-55)49-22-10-13-25-52(49)46-34-47(53-26-14-11-23-50(53)44-29-32-56(59-38-44)41-18-6-2-7-19-41)36-48(35-46)54-27-15-12-24-51(54)45-30-33-57(60-39-45)42-20-8-3-9-21-42;/h10-16,18,20,22-39H,1-9,17,19,21H2;. The molecule has 3 nitrogen and oxygen atoms in total. The van der Waals surface area contributed by atoms with Gasteiger partial charge in [-0.05, 0) is 180 Å². The molecule has 0 fully saturated rings. The van der Waals surface area contributed by atoms with Crippen molar-refractivity contribution in [3.8, 4) is 66.8 Å². The molecule has 3 aliphatic rings. The Labute approximate surface area is 363 Å². The second kappa shape index (κ2) is 18.5. The molecule has 297 valence electrons. The number of aromatic nitrogens is 3. The number of pyridine rings is 3. The van der Waals surface area contributed by atoms with Crippen LogP contribution < -0.4 is 0 Å². The lowest BCUT2D eigenvalue weighted by Gasteiger charge is -2.18. The van der Waals surface area contributed by atoms with E-state index in [1.165, 1.54) is 88.6 Å². The first-order valence-electron chi connectivity index (χ1n) is 22.2. The van der Waals surface area contributed by atoms with Gasteiger partial charge in [0.2, 0.25) is 0 Å². The van der Waals surface area contributed by atoms with Crippen LogP contribution in [-0.2, 0) is 0 Å². The Balaban J connectivity index is 0.00000476. The minimum absolute atomic E-state index is 0. The predicted octanol–water partition coefficient (Wildman–Crippen LogP) is 15.4. The van der Waals surface area contributed by atoms with Gasteiger partial charge in [-0.1, -0.05) is 109 Å². The van der Waals surface area contributed by atoms with E-state index in [0.29, 0.717) is 0 Å². The van der Waals surface area contributed by atoms with E-state index in [1.807, 2.05) is 0 Å². The van der Waals surface area contributed by atoms with Gasteiger partial charge < -0.3 is 0 Å². The van der Waals surface area contributed by atoms with Crippen molar-refractivity contribution in [1.29, 1.82) is 0 Å². The summed E-state index contributed by atoms with van der Waals surface area (Å²) < 4.78 is 0. The fourth-order valence-corrected chi connectivity index (χ4v) is 9.50. The molecule has 10 rings (SSSR count). The lowest BCUT2D eigenvalue weighted by molar-refractivity contribution is 0.740. The summed E-state index contributed by atoms with van der Waals surface area (Å²) in [5.41, 5.74) is 21.4. The molecule has 0 bridgehead atoms. The van der Waals surface area contributed by atoms with Crippen LogP contribution in [-0.4, -0.2) is 23.4 Å². The molecule has 7 aromatic rings. The van der Waals surface area contributed by atoms with E-state index in [4.69, 9.17) is 15.0 Å². The maximum absolute atomic E-state index is 5.02. The molecule has 3 aliphatic carbocycles. The maximum atomic E-state index is 5.02. The van der Waals surface area contributed by atoms with E-state index in [-0.39, 0.29) is 8.41 Å². The highest BCUT2D eigenvalue weighted by molar-refractivity contribution is 5.94. The Morgan fingerprint density at radius 3 is 0.803 bits per heavy atom. The molecule has 0 N–H and O–H groups in total. The fraction of sp³-hybridized carbons (Fsp3) is 0.211. The molecule has 3 heterocycles. The number of allylic oxidation sites excluding steroid dienone is 6. The van der Waals surface area contributed by atoms with E-state index in [9.17, 15) is 0 Å². The molecule has 0 atom stereocenters. The van der Waals surface area contributed by atoms with Crippen LogP contribution in [0, 0.1) is 0 Å². The lowest BCUT2D eigenvalue weighted by atomic mass is 9.86. The summed E-state index contributed by atoms with van der Waals surface area (Å²) in [7, 11) is 0. The summed E-state index contributed by atoms with van der Waals surface area (Å²) in [5.74, 6) is 0. The lowest BCUT2D eigenvalue weighted by Crippen LogP contribution is -1.96. The molecule has 61 heavy (non-hydrogen) atoms. The van der Waals surface area contributed by atoms with Crippen LogP contribution in [0.3, 0.4) is 0 Å². The monoisotopic (exact) mass is 788 g/mol. The molecule has 0 unspecified atom stereocenters. The molecule has 0 aliphatic heterocycles. The van der Waals surface area contributed by atoms with Gasteiger partial charge in [0.1, 0.15) is 0 Å². The first kappa shape index (κ1) is 40.0. The van der Waals surface area contributed by atoms with Gasteiger partial charge in [-0.3, -0.25) is 15.0 Å². The van der Waals surface area contributed by atoms with E-state index < -0.39 is 0 Å². The summed E-state index contributed by atoms with van der Waals surface area (Å²) >= 11 is 0. The first-order chi connectivity index (χ1) is 29.7. The third-order valence-electron chi connectivity index (χ3n) is 12.7. The summed E-state index contributed by atoms with van der Waals surface area (Å²) in [4.78, 5) is 15.1. The van der Waals surface area contributed by atoms with Gasteiger partial charge in [0, 0.05) is 43.7 Å². The Morgan fingerprint density at radius 1 is 0.295 bits per heavy atom. The molecule has 0 amide bonds. The summed E-state index contributed by atoms with van der Waals surface area (Å²) in [6, 6.07) is 47.0. The minimum atomic E-state index is 0. The number of benzene rings is 4. The summed E-state index contributed by atoms with van der Waals surface area (Å²) in [6.07, 6.45) is 27.6. The number of rotatable bonds is 9. The smallest absolute Gasteiger partial charge is 0.0658 e. The van der Waals surface area contributed by atoms with Crippen molar-refractivity contribution in [3.63, 3.8) is 0 Å². The van der Waals surface area contributed by atoms with Crippen molar-refractivity contribution < 1.29 is 0 Å². The van der Waals surface area contributed by atoms with Crippen molar-refractivity contribution in [2.24, 2.45) is 0 Å². The van der Waals surface area contributed by atoms with Crippen LogP contribution in [0.15, 0.2) is 164 Å². The normalized spacial score (nSPS) is 15.2. The summed E-state index contributed by atoms with van der Waals surface area (Å²) in [5, 5.41) is 0. The zero-order valence-electron chi connectivity index (χ0n) is 35.0. The van der Waals surface area contributed by atoms with Crippen LogP contribution in [0.1, 0.15) is 94.1 Å².